The average Bonchev–Trinajstić information content (AvgIpc) is 3.05. The number of nitrogens with zero attached hydrogens (tertiary/aromatic N) is 2. The van der Waals surface area contributed by atoms with Crippen molar-refractivity contribution in [3.63, 3.8) is 0 Å². The quantitative estimate of drug-likeness (QED) is 0.876. The van der Waals surface area contributed by atoms with Gasteiger partial charge in [0.25, 0.3) is 0 Å². The molecule has 2 heterocycles. The standard InChI is InChI=1S/C20H27N3O4/c1-3-27-20(26)22-10-8-16(9-11-22)21-19(25)15-12-18(24)23(13-15)17-6-4-14(2)5-7-17/h4-7,15-16H,3,8-13H2,1-2H3,(H,21,25). The Bertz CT molecular complexity index is 696. The fraction of sp³-hybridized carbons (Fsp3) is 0.550. The highest BCUT2D eigenvalue weighted by molar-refractivity contribution is 6.00. The van der Waals surface area contributed by atoms with Gasteiger partial charge in [0, 0.05) is 37.8 Å². The fourth-order valence-electron chi connectivity index (χ4n) is 3.60. The Balaban J connectivity index is 1.50. The molecule has 1 unspecified atom stereocenters. The molecule has 7 nitrogen and oxygen atoms in total. The lowest BCUT2D eigenvalue weighted by Gasteiger charge is -2.32. The summed E-state index contributed by atoms with van der Waals surface area (Å²) in [6.45, 7) is 5.70. The van der Waals surface area contributed by atoms with E-state index in [0.29, 0.717) is 39.1 Å². The number of hydrogen-bond acceptors (Lipinski definition) is 4. The first kappa shape index (κ1) is 19.2. The molecule has 3 rings (SSSR count). The lowest BCUT2D eigenvalue weighted by molar-refractivity contribution is -0.127. The van der Waals surface area contributed by atoms with E-state index in [2.05, 4.69) is 5.32 Å². The molecule has 1 N–H and O–H groups in total. The number of aryl methyl sites for hydroxylation is 1. The Morgan fingerprint density at radius 2 is 1.85 bits per heavy atom. The van der Waals surface area contributed by atoms with Crippen LogP contribution in [0.1, 0.15) is 31.7 Å². The Morgan fingerprint density at radius 3 is 2.48 bits per heavy atom. The molecule has 2 fully saturated rings. The van der Waals surface area contributed by atoms with E-state index in [9.17, 15) is 14.4 Å². The van der Waals surface area contributed by atoms with Crippen molar-refractivity contribution in [2.24, 2.45) is 5.92 Å². The largest absolute Gasteiger partial charge is 0.450 e. The summed E-state index contributed by atoms with van der Waals surface area (Å²) < 4.78 is 5.01. The summed E-state index contributed by atoms with van der Waals surface area (Å²) in [5.74, 6) is -0.425. The van der Waals surface area contributed by atoms with E-state index in [4.69, 9.17) is 4.74 Å². The number of likely N-dealkylation sites (tertiary alicyclic amines) is 1. The second-order valence-electron chi connectivity index (χ2n) is 7.21. The van der Waals surface area contributed by atoms with Gasteiger partial charge < -0.3 is 19.9 Å². The second-order valence-corrected chi connectivity index (χ2v) is 7.21. The van der Waals surface area contributed by atoms with Gasteiger partial charge in [0.1, 0.15) is 0 Å². The van der Waals surface area contributed by atoms with Crippen LogP contribution in [-0.4, -0.2) is 55.1 Å². The van der Waals surface area contributed by atoms with E-state index in [0.717, 1.165) is 11.3 Å². The van der Waals surface area contributed by atoms with Crippen LogP contribution in [0.25, 0.3) is 0 Å². The van der Waals surface area contributed by atoms with Crippen molar-refractivity contribution in [1.29, 1.82) is 0 Å². The fourth-order valence-corrected chi connectivity index (χ4v) is 3.60. The SMILES string of the molecule is CCOC(=O)N1CCC(NC(=O)C2CC(=O)N(c3ccc(C)cc3)C2)CC1. The minimum atomic E-state index is -0.332. The number of nitrogens with one attached hydrogen (secondary N) is 1. The van der Waals surface area contributed by atoms with E-state index in [1.807, 2.05) is 31.2 Å². The topological polar surface area (TPSA) is 79.0 Å². The zero-order valence-corrected chi connectivity index (χ0v) is 15.9. The van der Waals surface area contributed by atoms with Crippen LogP contribution in [-0.2, 0) is 14.3 Å². The van der Waals surface area contributed by atoms with Gasteiger partial charge in [0.2, 0.25) is 11.8 Å². The first-order valence-electron chi connectivity index (χ1n) is 9.57. The molecule has 1 aromatic carbocycles. The Hall–Kier alpha value is -2.57. The molecule has 2 aliphatic rings. The minimum absolute atomic E-state index is 0.0175. The average molecular weight is 373 g/mol. The van der Waals surface area contributed by atoms with Crippen LogP contribution in [0.3, 0.4) is 0 Å². The minimum Gasteiger partial charge on any atom is -0.450 e. The molecule has 0 radical (unpaired) electrons. The van der Waals surface area contributed by atoms with Gasteiger partial charge in [-0.25, -0.2) is 4.79 Å². The van der Waals surface area contributed by atoms with Crippen LogP contribution in [0.15, 0.2) is 24.3 Å². The number of amides is 3. The molecule has 0 saturated carbocycles. The van der Waals surface area contributed by atoms with Crippen molar-refractivity contribution >= 4 is 23.6 Å². The van der Waals surface area contributed by atoms with Crippen molar-refractivity contribution in [1.82, 2.24) is 10.2 Å². The summed E-state index contributed by atoms with van der Waals surface area (Å²) in [7, 11) is 0. The zero-order valence-electron chi connectivity index (χ0n) is 15.9. The maximum Gasteiger partial charge on any atom is 0.409 e. The van der Waals surface area contributed by atoms with Crippen LogP contribution in [0.2, 0.25) is 0 Å². The molecule has 27 heavy (non-hydrogen) atoms. The van der Waals surface area contributed by atoms with Gasteiger partial charge in [0.05, 0.1) is 12.5 Å². The maximum atomic E-state index is 12.6. The third-order valence-corrected chi connectivity index (χ3v) is 5.21. The molecule has 2 saturated heterocycles. The van der Waals surface area contributed by atoms with Crippen molar-refractivity contribution in [3.8, 4) is 0 Å². The highest BCUT2D eigenvalue weighted by Crippen LogP contribution is 2.26. The number of piperidine rings is 1. The van der Waals surface area contributed by atoms with Crippen molar-refractivity contribution < 1.29 is 19.1 Å². The summed E-state index contributed by atoms with van der Waals surface area (Å²) in [5.41, 5.74) is 1.97. The normalized spacial score (nSPS) is 20.7. The zero-order chi connectivity index (χ0) is 19.4. The lowest BCUT2D eigenvalue weighted by Crippen LogP contribution is -2.48. The Morgan fingerprint density at radius 1 is 1.19 bits per heavy atom. The number of benzene rings is 1. The number of rotatable bonds is 4. The Labute approximate surface area is 159 Å². The molecule has 2 aliphatic heterocycles. The first-order chi connectivity index (χ1) is 13.0. The number of carbonyl (C=O) groups excluding carboxylic acids is 3. The van der Waals surface area contributed by atoms with E-state index < -0.39 is 0 Å². The van der Waals surface area contributed by atoms with E-state index in [1.54, 1.807) is 16.7 Å². The predicted molar refractivity (Wildman–Crippen MR) is 101 cm³/mol. The van der Waals surface area contributed by atoms with Gasteiger partial charge in [-0.3, -0.25) is 9.59 Å². The highest BCUT2D eigenvalue weighted by Gasteiger charge is 2.36. The summed E-state index contributed by atoms with van der Waals surface area (Å²) >= 11 is 0. The van der Waals surface area contributed by atoms with E-state index in [1.165, 1.54) is 0 Å². The van der Waals surface area contributed by atoms with E-state index >= 15 is 0 Å². The molecule has 146 valence electrons. The summed E-state index contributed by atoms with van der Waals surface area (Å²) in [6.07, 6.45) is 1.35. The summed E-state index contributed by atoms with van der Waals surface area (Å²) in [4.78, 5) is 40.0. The number of hydrogen-bond donors (Lipinski definition) is 1. The van der Waals surface area contributed by atoms with Gasteiger partial charge >= 0.3 is 6.09 Å². The van der Waals surface area contributed by atoms with Crippen LogP contribution in [0.5, 0.6) is 0 Å². The van der Waals surface area contributed by atoms with Gasteiger partial charge in [-0.1, -0.05) is 17.7 Å². The predicted octanol–water partition coefficient (Wildman–Crippen LogP) is 2.09. The number of carbonyl (C=O) groups is 3. The summed E-state index contributed by atoms with van der Waals surface area (Å²) in [6, 6.07) is 7.80. The molecule has 1 atom stereocenters. The molecular formula is C20H27N3O4. The molecule has 1 aromatic rings. The number of anilines is 1. The molecule has 0 bridgehead atoms. The van der Waals surface area contributed by atoms with Crippen LogP contribution < -0.4 is 10.2 Å². The van der Waals surface area contributed by atoms with Gasteiger partial charge in [-0.15, -0.1) is 0 Å². The highest BCUT2D eigenvalue weighted by atomic mass is 16.6. The third-order valence-electron chi connectivity index (χ3n) is 5.21. The molecule has 0 aromatic heterocycles. The monoisotopic (exact) mass is 373 g/mol. The van der Waals surface area contributed by atoms with Gasteiger partial charge in [0.15, 0.2) is 0 Å². The molecule has 0 aliphatic carbocycles. The summed E-state index contributed by atoms with van der Waals surface area (Å²) in [5, 5.41) is 3.06. The molecule has 7 heteroatoms. The van der Waals surface area contributed by atoms with Crippen molar-refractivity contribution in [2.75, 3.05) is 31.1 Å². The third kappa shape index (κ3) is 4.59. The maximum absolute atomic E-state index is 12.6. The van der Waals surface area contributed by atoms with Gasteiger partial charge in [-0.2, -0.15) is 0 Å². The number of ether oxygens (including phenoxy) is 1. The first-order valence-corrected chi connectivity index (χ1v) is 9.57. The molecule has 3 amide bonds. The van der Waals surface area contributed by atoms with Crippen LogP contribution >= 0.6 is 0 Å². The van der Waals surface area contributed by atoms with Crippen LogP contribution in [0.4, 0.5) is 10.5 Å². The van der Waals surface area contributed by atoms with Crippen LogP contribution in [0, 0.1) is 12.8 Å². The van der Waals surface area contributed by atoms with Gasteiger partial charge in [-0.05, 0) is 38.8 Å². The van der Waals surface area contributed by atoms with Crippen molar-refractivity contribution in [3.05, 3.63) is 29.8 Å². The van der Waals surface area contributed by atoms with Crippen molar-refractivity contribution in [2.45, 2.75) is 39.2 Å². The lowest BCUT2D eigenvalue weighted by atomic mass is 10.0. The second kappa shape index (κ2) is 8.41. The van der Waals surface area contributed by atoms with E-state index in [-0.39, 0.29) is 36.3 Å². The smallest absolute Gasteiger partial charge is 0.409 e. The molecule has 0 spiro atoms. The molecular weight excluding hydrogens is 346 g/mol. The Kier molecular flexibility index (Phi) is 5.98.